The molecule has 0 spiro atoms. The van der Waals surface area contributed by atoms with E-state index in [0.717, 1.165) is 11.3 Å². The van der Waals surface area contributed by atoms with Crippen LogP contribution in [0.5, 0.6) is 0 Å². The molecule has 2 N–H and O–H groups in total. The van der Waals surface area contributed by atoms with Crippen LogP contribution in [0.2, 0.25) is 0 Å². The van der Waals surface area contributed by atoms with E-state index in [-0.39, 0.29) is 17.2 Å². The minimum atomic E-state index is -0.682. The fourth-order valence-electron chi connectivity index (χ4n) is 3.64. The Bertz CT molecular complexity index is 1470. The summed E-state index contributed by atoms with van der Waals surface area (Å²) in [6, 6.07) is 24.4. The molecule has 0 atom stereocenters. The van der Waals surface area contributed by atoms with Gasteiger partial charge in [-0.3, -0.25) is 20.4 Å². The van der Waals surface area contributed by atoms with E-state index in [1.807, 2.05) is 60.7 Å². The van der Waals surface area contributed by atoms with Crippen LogP contribution in [0.25, 0.3) is 22.8 Å². The number of nitrogens with zero attached hydrogens (tertiary/aromatic N) is 5. The highest BCUT2D eigenvalue weighted by Crippen LogP contribution is 2.21. The van der Waals surface area contributed by atoms with E-state index in [4.69, 9.17) is 0 Å². The summed E-state index contributed by atoms with van der Waals surface area (Å²) in [6.45, 7) is 1.70. The summed E-state index contributed by atoms with van der Waals surface area (Å²) in [7, 11) is 0. The molecule has 178 valence electrons. The van der Waals surface area contributed by atoms with Crippen LogP contribution in [-0.4, -0.2) is 36.4 Å². The van der Waals surface area contributed by atoms with Crippen molar-refractivity contribution in [2.45, 2.75) is 6.92 Å². The Morgan fingerprint density at radius 2 is 1.39 bits per heavy atom. The van der Waals surface area contributed by atoms with Gasteiger partial charge >= 0.3 is 5.91 Å². The highest BCUT2D eigenvalue weighted by atomic mass is 19.1. The van der Waals surface area contributed by atoms with Crippen LogP contribution in [0.1, 0.15) is 26.7 Å². The van der Waals surface area contributed by atoms with Gasteiger partial charge in [-0.1, -0.05) is 48.5 Å². The fourth-order valence-corrected chi connectivity index (χ4v) is 3.64. The number of benzene rings is 3. The molecule has 2 aromatic heterocycles. The zero-order valence-electron chi connectivity index (χ0n) is 19.1. The average Bonchev–Trinajstić information content (AvgIpc) is 3.53. The van der Waals surface area contributed by atoms with Crippen LogP contribution in [0.3, 0.4) is 0 Å². The lowest BCUT2D eigenvalue weighted by Crippen LogP contribution is -2.42. The summed E-state index contributed by atoms with van der Waals surface area (Å²) in [5, 5.41) is 8.57. The number of nitrogens with one attached hydrogen (secondary N) is 2. The van der Waals surface area contributed by atoms with E-state index in [0.29, 0.717) is 17.2 Å². The van der Waals surface area contributed by atoms with E-state index in [1.165, 1.54) is 23.0 Å². The zero-order chi connectivity index (χ0) is 25.1. The summed E-state index contributed by atoms with van der Waals surface area (Å²) in [5.41, 5.74) is 7.61. The first-order chi connectivity index (χ1) is 17.5. The first-order valence-corrected chi connectivity index (χ1v) is 11.0. The monoisotopic (exact) mass is 481 g/mol. The first-order valence-electron chi connectivity index (χ1n) is 11.0. The quantitative estimate of drug-likeness (QED) is 0.373. The molecule has 0 aliphatic carbocycles. The lowest BCUT2D eigenvalue weighted by molar-refractivity contribution is 0.0840. The van der Waals surface area contributed by atoms with E-state index in [2.05, 4.69) is 26.0 Å². The van der Waals surface area contributed by atoms with Crippen LogP contribution in [-0.2, 0) is 0 Å². The molecular weight excluding hydrogens is 461 g/mol. The SMILES string of the molecule is Cc1c(C(=O)NNC(=O)c2nc(-c3ccccc3)n(-c3ccccc3)n2)cnn1-c1ccc(F)cc1. The van der Waals surface area contributed by atoms with Crippen molar-refractivity contribution in [2.75, 3.05) is 0 Å². The zero-order valence-corrected chi connectivity index (χ0v) is 19.1. The highest BCUT2D eigenvalue weighted by molar-refractivity contribution is 5.98. The molecule has 0 saturated heterocycles. The van der Waals surface area contributed by atoms with Gasteiger partial charge in [-0.15, -0.1) is 5.10 Å². The number of halogens is 1. The van der Waals surface area contributed by atoms with Crippen LogP contribution >= 0.6 is 0 Å². The number of amides is 2. The molecule has 0 radical (unpaired) electrons. The van der Waals surface area contributed by atoms with Gasteiger partial charge in [-0.25, -0.2) is 18.7 Å². The molecule has 3 aromatic carbocycles. The summed E-state index contributed by atoms with van der Waals surface area (Å²) < 4.78 is 16.3. The standard InChI is InChI=1S/C26H20FN7O2/c1-17-22(16-28-33(17)21-14-12-19(27)13-15-21)25(35)30-31-26(36)23-29-24(18-8-4-2-5-9-18)34(32-23)20-10-6-3-7-11-20/h2-16H,1H3,(H,30,35)(H,31,36). The van der Waals surface area contributed by atoms with Crippen molar-refractivity contribution in [1.82, 2.24) is 35.4 Å². The molecule has 0 bridgehead atoms. The number of hydrogen-bond acceptors (Lipinski definition) is 5. The smallest absolute Gasteiger partial charge is 0.267 e. The van der Waals surface area contributed by atoms with Gasteiger partial charge in [0, 0.05) is 5.56 Å². The molecule has 5 rings (SSSR count). The Morgan fingerprint density at radius 1 is 0.778 bits per heavy atom. The summed E-state index contributed by atoms with van der Waals surface area (Å²) >= 11 is 0. The Hall–Kier alpha value is -5.12. The number of hydrogen-bond donors (Lipinski definition) is 2. The van der Waals surface area contributed by atoms with E-state index < -0.39 is 11.8 Å². The lowest BCUT2D eigenvalue weighted by Gasteiger charge is -2.07. The molecule has 5 aromatic rings. The second-order valence-corrected chi connectivity index (χ2v) is 7.81. The van der Waals surface area contributed by atoms with Crippen LogP contribution in [0.15, 0.2) is 91.1 Å². The van der Waals surface area contributed by atoms with Crippen molar-refractivity contribution in [3.63, 3.8) is 0 Å². The molecule has 9 nitrogen and oxygen atoms in total. The van der Waals surface area contributed by atoms with Gasteiger partial charge in [0.05, 0.1) is 28.8 Å². The minimum Gasteiger partial charge on any atom is -0.267 e. The third kappa shape index (κ3) is 4.47. The van der Waals surface area contributed by atoms with Crippen LogP contribution < -0.4 is 10.9 Å². The summed E-state index contributed by atoms with van der Waals surface area (Å²) in [5.74, 6) is -1.26. The van der Waals surface area contributed by atoms with Crippen molar-refractivity contribution < 1.29 is 14.0 Å². The molecule has 0 fully saturated rings. The van der Waals surface area contributed by atoms with Crippen molar-refractivity contribution in [3.8, 4) is 22.8 Å². The van der Waals surface area contributed by atoms with E-state index in [1.54, 1.807) is 23.7 Å². The van der Waals surface area contributed by atoms with Gasteiger partial charge < -0.3 is 0 Å². The number of aromatic nitrogens is 5. The molecule has 2 heterocycles. The molecule has 10 heteroatoms. The van der Waals surface area contributed by atoms with E-state index in [9.17, 15) is 14.0 Å². The maximum absolute atomic E-state index is 13.2. The highest BCUT2D eigenvalue weighted by Gasteiger charge is 2.21. The molecule has 0 aliphatic heterocycles. The molecule has 0 unspecified atom stereocenters. The Kier molecular flexibility index (Phi) is 6.06. The number of para-hydroxylation sites is 1. The second kappa shape index (κ2) is 9.63. The van der Waals surface area contributed by atoms with Crippen molar-refractivity contribution in [3.05, 3.63) is 114 Å². The maximum atomic E-state index is 13.2. The van der Waals surface area contributed by atoms with Gasteiger partial charge in [0.1, 0.15) is 5.82 Å². The molecule has 0 aliphatic rings. The predicted octanol–water partition coefficient (Wildman–Crippen LogP) is 3.64. The normalized spacial score (nSPS) is 10.7. The topological polar surface area (TPSA) is 107 Å². The van der Waals surface area contributed by atoms with Crippen molar-refractivity contribution >= 4 is 11.8 Å². The summed E-state index contributed by atoms with van der Waals surface area (Å²) in [6.07, 6.45) is 1.37. The van der Waals surface area contributed by atoms with Crippen molar-refractivity contribution in [2.24, 2.45) is 0 Å². The van der Waals surface area contributed by atoms with Gasteiger partial charge in [-0.2, -0.15) is 5.10 Å². The maximum Gasteiger partial charge on any atom is 0.309 e. The van der Waals surface area contributed by atoms with Gasteiger partial charge in [0.15, 0.2) is 5.82 Å². The molecule has 36 heavy (non-hydrogen) atoms. The number of hydrazine groups is 1. The molecule has 0 saturated carbocycles. The lowest BCUT2D eigenvalue weighted by atomic mass is 10.2. The Morgan fingerprint density at radius 3 is 2.08 bits per heavy atom. The van der Waals surface area contributed by atoms with Gasteiger partial charge in [-0.05, 0) is 43.3 Å². The largest absolute Gasteiger partial charge is 0.309 e. The molecule has 2 amide bonds. The van der Waals surface area contributed by atoms with Gasteiger partial charge in [0.25, 0.3) is 5.91 Å². The average molecular weight is 481 g/mol. The van der Waals surface area contributed by atoms with Crippen molar-refractivity contribution in [1.29, 1.82) is 0 Å². The fraction of sp³-hybridized carbons (Fsp3) is 0.0385. The second-order valence-electron chi connectivity index (χ2n) is 7.81. The van der Waals surface area contributed by atoms with E-state index >= 15 is 0 Å². The Balaban J connectivity index is 1.35. The predicted molar refractivity (Wildman–Crippen MR) is 130 cm³/mol. The Labute approximate surface area is 205 Å². The molecular formula is C26H20FN7O2. The van der Waals surface area contributed by atoms with Crippen LogP contribution in [0.4, 0.5) is 4.39 Å². The third-order valence-corrected chi connectivity index (χ3v) is 5.46. The minimum absolute atomic E-state index is 0.114. The number of rotatable bonds is 5. The first kappa shape index (κ1) is 22.7. The number of carbonyl (C=O) groups is 2. The summed E-state index contributed by atoms with van der Waals surface area (Å²) in [4.78, 5) is 30.0. The third-order valence-electron chi connectivity index (χ3n) is 5.46. The van der Waals surface area contributed by atoms with Gasteiger partial charge in [0.2, 0.25) is 5.82 Å². The number of carbonyl (C=O) groups excluding carboxylic acids is 2. The van der Waals surface area contributed by atoms with Crippen LogP contribution in [0, 0.1) is 12.7 Å².